The van der Waals surface area contributed by atoms with Gasteiger partial charge < -0.3 is 19.5 Å². The molecule has 1 aromatic heterocycles. The van der Waals surface area contributed by atoms with Gasteiger partial charge >= 0.3 is 0 Å². The fourth-order valence-corrected chi connectivity index (χ4v) is 5.35. The Labute approximate surface area is 198 Å². The van der Waals surface area contributed by atoms with Gasteiger partial charge in [-0.25, -0.2) is 0 Å². The van der Waals surface area contributed by atoms with E-state index in [-0.39, 0.29) is 36.8 Å². The number of rotatable bonds is 3. The van der Waals surface area contributed by atoms with Crippen LogP contribution in [0.25, 0.3) is 11.1 Å². The van der Waals surface area contributed by atoms with Gasteiger partial charge in [0.05, 0.1) is 23.6 Å². The molecule has 11 heteroatoms. The molecule has 0 bridgehead atoms. The minimum Gasteiger partial charge on any atom is -0.423 e. The lowest BCUT2D eigenvalue weighted by molar-refractivity contribution is -0.131. The fraction of sp³-hybridized carbons (Fsp3) is 0.550. The summed E-state index contributed by atoms with van der Waals surface area (Å²) in [4.78, 5) is 23.8. The number of halogens is 2. The summed E-state index contributed by atoms with van der Waals surface area (Å²) in [5.41, 5.74) is 2.03. The first kappa shape index (κ1) is 24.0. The van der Waals surface area contributed by atoms with Gasteiger partial charge in [-0.1, -0.05) is 0 Å². The van der Waals surface area contributed by atoms with E-state index in [4.69, 9.17) is 9.68 Å². The van der Waals surface area contributed by atoms with Gasteiger partial charge in [0.1, 0.15) is 5.52 Å². The highest BCUT2D eigenvalue weighted by Gasteiger charge is 2.37. The van der Waals surface area contributed by atoms with Crippen LogP contribution in [-0.4, -0.2) is 83.7 Å². The Morgan fingerprint density at radius 3 is 2.74 bits per heavy atom. The number of aromatic nitrogens is 1. The van der Waals surface area contributed by atoms with E-state index in [2.05, 4.69) is 26.2 Å². The summed E-state index contributed by atoms with van der Waals surface area (Å²) in [6.45, 7) is 5.29. The standard InChI is InChI=1S/C20H24N6O2S.2ClH/c21-11-14-1-2-18-16(9-14)23-20(28-18)25-5-3-24(4-6-25)15-10-17(22-12-15)19(27)26-7-8-29-13-26;;/h1-2,9,15,17,22H,3-8,10,12-13H2;2*1H/t15-,17-;;/m0../s1. The maximum absolute atomic E-state index is 12.6. The average Bonchev–Trinajstić information content (AvgIpc) is 3.53. The lowest BCUT2D eigenvalue weighted by Gasteiger charge is -2.37. The quantitative estimate of drug-likeness (QED) is 0.706. The number of carbonyl (C=O) groups excluding carboxylic acids is 1. The third kappa shape index (κ3) is 4.89. The number of anilines is 1. The first-order chi connectivity index (χ1) is 14.2. The van der Waals surface area contributed by atoms with E-state index in [1.807, 2.05) is 16.7 Å². The van der Waals surface area contributed by atoms with Crippen molar-refractivity contribution in [3.05, 3.63) is 23.8 Å². The zero-order valence-corrected chi connectivity index (χ0v) is 19.5. The lowest BCUT2D eigenvalue weighted by atomic mass is 10.1. The molecule has 31 heavy (non-hydrogen) atoms. The van der Waals surface area contributed by atoms with E-state index in [0.717, 1.165) is 62.8 Å². The van der Waals surface area contributed by atoms with Gasteiger partial charge in [0, 0.05) is 51.1 Å². The van der Waals surface area contributed by atoms with E-state index >= 15 is 0 Å². The summed E-state index contributed by atoms with van der Waals surface area (Å²) in [5, 5.41) is 12.5. The van der Waals surface area contributed by atoms with Crippen molar-refractivity contribution in [2.75, 3.05) is 55.8 Å². The molecule has 3 saturated heterocycles. The summed E-state index contributed by atoms with van der Waals surface area (Å²) in [5.74, 6) is 2.15. The van der Waals surface area contributed by atoms with E-state index < -0.39 is 0 Å². The van der Waals surface area contributed by atoms with E-state index in [0.29, 0.717) is 23.2 Å². The van der Waals surface area contributed by atoms with Crippen molar-refractivity contribution in [3.8, 4) is 6.07 Å². The highest BCUT2D eigenvalue weighted by molar-refractivity contribution is 7.99. The number of carbonyl (C=O) groups is 1. The van der Waals surface area contributed by atoms with Crippen molar-refractivity contribution in [2.45, 2.75) is 18.5 Å². The molecule has 8 nitrogen and oxygen atoms in total. The maximum atomic E-state index is 12.6. The van der Waals surface area contributed by atoms with Crippen LogP contribution in [0.5, 0.6) is 0 Å². The van der Waals surface area contributed by atoms with Crippen LogP contribution in [0, 0.1) is 11.3 Å². The monoisotopic (exact) mass is 484 g/mol. The number of nitrogens with one attached hydrogen (secondary N) is 1. The van der Waals surface area contributed by atoms with Crippen LogP contribution in [0.3, 0.4) is 0 Å². The van der Waals surface area contributed by atoms with Gasteiger partial charge in [-0.15, -0.1) is 36.6 Å². The molecule has 168 valence electrons. The average molecular weight is 485 g/mol. The Balaban J connectivity index is 0.00000136. The van der Waals surface area contributed by atoms with Crippen LogP contribution in [0.2, 0.25) is 0 Å². The highest BCUT2D eigenvalue weighted by atomic mass is 35.5. The summed E-state index contributed by atoms with van der Waals surface area (Å²) in [7, 11) is 0. The molecule has 5 rings (SSSR count). The number of nitrogens with zero attached hydrogens (tertiary/aromatic N) is 5. The van der Waals surface area contributed by atoms with Crippen LogP contribution in [0.4, 0.5) is 6.01 Å². The molecule has 0 unspecified atom stereocenters. The van der Waals surface area contributed by atoms with Crippen LogP contribution >= 0.6 is 36.6 Å². The van der Waals surface area contributed by atoms with Gasteiger partial charge in [0.15, 0.2) is 5.58 Å². The molecule has 0 saturated carbocycles. The Hall–Kier alpha value is -1.70. The van der Waals surface area contributed by atoms with Gasteiger partial charge in [0.25, 0.3) is 6.01 Å². The molecular formula is C20H26Cl2N6O2S. The second-order valence-corrected chi connectivity index (χ2v) is 8.88. The summed E-state index contributed by atoms with van der Waals surface area (Å²) in [6, 6.07) is 8.45. The summed E-state index contributed by atoms with van der Waals surface area (Å²) in [6.07, 6.45) is 0.889. The van der Waals surface area contributed by atoms with Crippen molar-refractivity contribution in [2.24, 2.45) is 0 Å². The molecule has 0 radical (unpaired) electrons. The van der Waals surface area contributed by atoms with Crippen LogP contribution in [-0.2, 0) is 4.79 Å². The zero-order valence-electron chi connectivity index (χ0n) is 17.0. The molecule has 4 heterocycles. The highest BCUT2D eigenvalue weighted by Crippen LogP contribution is 2.25. The molecule has 3 aliphatic heterocycles. The first-order valence-electron chi connectivity index (χ1n) is 10.1. The number of hydrogen-bond acceptors (Lipinski definition) is 8. The molecular weight excluding hydrogens is 459 g/mol. The third-order valence-electron chi connectivity index (χ3n) is 6.08. The number of fused-ring (bicyclic) bond motifs is 1. The van der Waals surface area contributed by atoms with E-state index in [1.54, 1.807) is 18.2 Å². The van der Waals surface area contributed by atoms with E-state index in [9.17, 15) is 4.79 Å². The Kier molecular flexibility index (Phi) is 7.94. The molecule has 2 atom stereocenters. The topological polar surface area (TPSA) is 88.6 Å². The van der Waals surface area contributed by atoms with Crippen LogP contribution in [0.15, 0.2) is 22.6 Å². The minimum absolute atomic E-state index is 0. The number of hydrogen-bond donors (Lipinski definition) is 1. The smallest absolute Gasteiger partial charge is 0.298 e. The van der Waals surface area contributed by atoms with Crippen molar-refractivity contribution in [1.82, 2.24) is 20.1 Å². The van der Waals surface area contributed by atoms with Gasteiger partial charge in [-0.2, -0.15) is 10.2 Å². The molecule has 1 aromatic carbocycles. The molecule has 0 spiro atoms. The number of nitriles is 1. The lowest BCUT2D eigenvalue weighted by Crippen LogP contribution is -2.51. The van der Waals surface area contributed by atoms with Crippen molar-refractivity contribution in [1.29, 1.82) is 5.26 Å². The normalized spacial score (nSPS) is 24.0. The van der Waals surface area contributed by atoms with Crippen molar-refractivity contribution in [3.63, 3.8) is 0 Å². The Bertz CT molecular complexity index is 953. The summed E-state index contributed by atoms with van der Waals surface area (Å²) >= 11 is 1.83. The molecule has 3 aliphatic rings. The zero-order chi connectivity index (χ0) is 19.8. The summed E-state index contributed by atoms with van der Waals surface area (Å²) < 4.78 is 5.90. The van der Waals surface area contributed by atoms with Crippen molar-refractivity contribution < 1.29 is 9.21 Å². The van der Waals surface area contributed by atoms with E-state index in [1.165, 1.54) is 0 Å². The molecule has 1 N–H and O–H groups in total. The second-order valence-electron chi connectivity index (χ2n) is 7.80. The number of oxazole rings is 1. The number of benzene rings is 1. The fourth-order valence-electron chi connectivity index (χ4n) is 4.39. The molecule has 2 aromatic rings. The predicted molar refractivity (Wildman–Crippen MR) is 126 cm³/mol. The molecule has 0 aliphatic carbocycles. The predicted octanol–water partition coefficient (Wildman–Crippen LogP) is 1.93. The van der Waals surface area contributed by atoms with Gasteiger partial charge in [-0.05, 0) is 24.6 Å². The number of piperazine rings is 1. The first-order valence-corrected chi connectivity index (χ1v) is 11.3. The Morgan fingerprint density at radius 2 is 2.03 bits per heavy atom. The maximum Gasteiger partial charge on any atom is 0.298 e. The largest absolute Gasteiger partial charge is 0.423 e. The molecule has 1 amide bonds. The van der Waals surface area contributed by atoms with Crippen molar-refractivity contribution >= 4 is 59.6 Å². The number of thioether (sulfide) groups is 1. The third-order valence-corrected chi connectivity index (χ3v) is 7.04. The molecule has 3 fully saturated rings. The number of amides is 1. The SMILES string of the molecule is Cl.Cl.N#Cc1ccc2oc(N3CCN([C@@H]4CN[C@H](C(=O)N5CCSC5)C4)CC3)nc2c1. The van der Waals surface area contributed by atoms with Crippen LogP contribution in [0.1, 0.15) is 12.0 Å². The minimum atomic E-state index is -0.0388. The Morgan fingerprint density at radius 1 is 1.23 bits per heavy atom. The van der Waals surface area contributed by atoms with Crippen LogP contribution < -0.4 is 10.2 Å². The second kappa shape index (κ2) is 10.3. The van der Waals surface area contributed by atoms with Gasteiger partial charge in [0.2, 0.25) is 5.91 Å². The van der Waals surface area contributed by atoms with Gasteiger partial charge in [-0.3, -0.25) is 9.69 Å².